The highest BCUT2D eigenvalue weighted by molar-refractivity contribution is 5.85. The number of hydrogen-bond donors (Lipinski definition) is 2. The van der Waals surface area contributed by atoms with Crippen molar-refractivity contribution < 1.29 is 13.6 Å². The molecule has 0 aromatic carbocycles. The number of nitrogens with one attached hydrogen (secondary N) is 2. The molecule has 2 N–H and O–H groups in total. The smallest absolute Gasteiger partial charge is 0.262 e. The van der Waals surface area contributed by atoms with Crippen molar-refractivity contribution in [1.82, 2.24) is 20.4 Å². The van der Waals surface area contributed by atoms with Gasteiger partial charge in [-0.05, 0) is 0 Å². The van der Waals surface area contributed by atoms with Crippen molar-refractivity contribution in [3.8, 4) is 0 Å². The molecule has 1 fully saturated rings. The third-order valence-electron chi connectivity index (χ3n) is 3.52. The van der Waals surface area contributed by atoms with Gasteiger partial charge >= 0.3 is 0 Å². The minimum absolute atomic E-state index is 0. The van der Waals surface area contributed by atoms with Crippen molar-refractivity contribution in [3.05, 3.63) is 17.5 Å². The molecule has 1 aromatic rings. The molecule has 0 spiro atoms. The van der Waals surface area contributed by atoms with Gasteiger partial charge in [0.15, 0.2) is 0 Å². The third kappa shape index (κ3) is 2.71. The number of aromatic nitrogens is 2. The van der Waals surface area contributed by atoms with Crippen molar-refractivity contribution in [3.63, 3.8) is 0 Å². The second-order valence-corrected chi connectivity index (χ2v) is 4.88. The maximum Gasteiger partial charge on any atom is 0.262 e. The predicted molar refractivity (Wildman–Crippen MR) is 66.3 cm³/mol. The fourth-order valence-electron chi connectivity index (χ4n) is 2.52. The maximum atomic E-state index is 13.1. The van der Waals surface area contributed by atoms with Crippen LogP contribution in [0.4, 0.5) is 8.78 Å². The number of H-pyrrole nitrogens is 1. The van der Waals surface area contributed by atoms with Crippen LogP contribution in [0.3, 0.4) is 0 Å². The zero-order chi connectivity index (χ0) is 12.8. The highest BCUT2D eigenvalue weighted by atomic mass is 35.5. The molecule has 0 saturated carbocycles. The highest BCUT2D eigenvalue weighted by Gasteiger charge is 2.43. The van der Waals surface area contributed by atoms with Crippen molar-refractivity contribution in [1.29, 1.82) is 0 Å². The zero-order valence-corrected chi connectivity index (χ0v) is 11.0. The zero-order valence-electron chi connectivity index (χ0n) is 10.2. The van der Waals surface area contributed by atoms with E-state index in [1.54, 1.807) is 11.1 Å². The lowest BCUT2D eigenvalue weighted by Crippen LogP contribution is -2.45. The fourth-order valence-corrected chi connectivity index (χ4v) is 2.52. The van der Waals surface area contributed by atoms with Gasteiger partial charge in [0.05, 0.1) is 18.8 Å². The van der Waals surface area contributed by atoms with E-state index in [4.69, 9.17) is 0 Å². The Morgan fingerprint density at radius 2 is 2.32 bits per heavy atom. The summed E-state index contributed by atoms with van der Waals surface area (Å²) in [4.78, 5) is 13.7. The Kier molecular flexibility index (Phi) is 3.78. The van der Waals surface area contributed by atoms with E-state index >= 15 is 0 Å². The molecule has 1 atom stereocenters. The summed E-state index contributed by atoms with van der Waals surface area (Å²) in [7, 11) is 0. The lowest BCUT2D eigenvalue weighted by Gasteiger charge is -2.28. The Morgan fingerprint density at radius 1 is 1.53 bits per heavy atom. The van der Waals surface area contributed by atoms with Gasteiger partial charge in [-0.2, -0.15) is 5.10 Å². The van der Waals surface area contributed by atoms with Gasteiger partial charge in [0.2, 0.25) is 5.91 Å². The van der Waals surface area contributed by atoms with Crippen LogP contribution in [0.25, 0.3) is 0 Å². The van der Waals surface area contributed by atoms with Crippen LogP contribution in [-0.2, 0) is 17.8 Å². The quantitative estimate of drug-likeness (QED) is 0.801. The van der Waals surface area contributed by atoms with Gasteiger partial charge in [-0.1, -0.05) is 0 Å². The second kappa shape index (κ2) is 5.05. The molecular weight excluding hydrogens is 278 g/mol. The van der Waals surface area contributed by atoms with Gasteiger partial charge in [0.25, 0.3) is 5.92 Å². The molecule has 1 unspecified atom stereocenters. The first-order chi connectivity index (χ1) is 8.55. The Morgan fingerprint density at radius 3 is 3.00 bits per heavy atom. The number of halogens is 3. The summed E-state index contributed by atoms with van der Waals surface area (Å²) in [5.41, 5.74) is 2.00. The molecule has 1 aromatic heterocycles. The fraction of sp³-hybridized carbons (Fsp3) is 0.636. The number of fused-ring (bicyclic) bond motifs is 1. The van der Waals surface area contributed by atoms with E-state index in [9.17, 15) is 13.6 Å². The van der Waals surface area contributed by atoms with Crippen LogP contribution in [0.15, 0.2) is 6.20 Å². The predicted octanol–water partition coefficient (Wildman–Crippen LogP) is 0.713. The second-order valence-electron chi connectivity index (χ2n) is 4.88. The van der Waals surface area contributed by atoms with Gasteiger partial charge in [-0.3, -0.25) is 15.2 Å². The van der Waals surface area contributed by atoms with Crippen LogP contribution in [0.5, 0.6) is 0 Å². The van der Waals surface area contributed by atoms with Crippen LogP contribution in [0, 0.1) is 0 Å². The van der Waals surface area contributed by atoms with Gasteiger partial charge in [-0.15, -0.1) is 12.4 Å². The maximum absolute atomic E-state index is 13.1. The number of aromatic amines is 1. The van der Waals surface area contributed by atoms with Gasteiger partial charge in [-0.25, -0.2) is 8.78 Å². The Labute approximate surface area is 115 Å². The van der Waals surface area contributed by atoms with E-state index in [2.05, 4.69) is 15.5 Å². The van der Waals surface area contributed by atoms with Gasteiger partial charge in [0, 0.05) is 37.2 Å². The number of amides is 1. The largest absolute Gasteiger partial charge is 0.336 e. The average Bonchev–Trinajstić information content (AvgIpc) is 2.93. The molecule has 0 radical (unpaired) electrons. The number of carbonyl (C=O) groups excluding carboxylic acids is 1. The normalized spacial score (nSPS) is 24.7. The lowest BCUT2D eigenvalue weighted by molar-refractivity contribution is -0.134. The lowest BCUT2D eigenvalue weighted by atomic mass is 10.1. The first-order valence-corrected chi connectivity index (χ1v) is 5.96. The minimum atomic E-state index is -2.77. The third-order valence-corrected chi connectivity index (χ3v) is 3.52. The van der Waals surface area contributed by atoms with Crippen LogP contribution in [-0.4, -0.2) is 46.1 Å². The molecular formula is C11H15ClF2N4O. The molecule has 106 valence electrons. The monoisotopic (exact) mass is 292 g/mol. The van der Waals surface area contributed by atoms with Crippen molar-refractivity contribution >= 4 is 18.3 Å². The number of nitrogens with zero attached hydrogens (tertiary/aromatic N) is 2. The first-order valence-electron chi connectivity index (χ1n) is 5.96. The Balaban J connectivity index is 0.00000133. The number of alkyl halides is 2. The van der Waals surface area contributed by atoms with Crippen LogP contribution >= 0.6 is 12.4 Å². The van der Waals surface area contributed by atoms with Gasteiger partial charge in [0.1, 0.15) is 0 Å². The van der Waals surface area contributed by atoms with Crippen molar-refractivity contribution in [2.75, 3.05) is 13.1 Å². The standard InChI is InChI=1S/C11H14F2N4O.ClH/c12-11(13)3-9(14-6-11)10(18)17-2-1-8-7(5-17)4-15-16-8;/h4,9,14H,1-3,5-6H2,(H,15,16);1H. The SMILES string of the molecule is Cl.O=C(C1CC(F)(F)CN1)N1CCc2[nH]ncc2C1. The summed E-state index contributed by atoms with van der Waals surface area (Å²) in [5.74, 6) is -3.00. The summed E-state index contributed by atoms with van der Waals surface area (Å²) in [6.45, 7) is 0.598. The molecule has 2 aliphatic heterocycles. The van der Waals surface area contributed by atoms with Gasteiger partial charge < -0.3 is 4.90 Å². The molecule has 8 heteroatoms. The molecule has 0 bridgehead atoms. The summed E-state index contributed by atoms with van der Waals surface area (Å²) in [6.07, 6.45) is 1.98. The summed E-state index contributed by atoms with van der Waals surface area (Å²) in [6, 6.07) is -0.756. The van der Waals surface area contributed by atoms with Crippen molar-refractivity contribution in [2.45, 2.75) is 31.4 Å². The van der Waals surface area contributed by atoms with Crippen molar-refractivity contribution in [2.24, 2.45) is 0 Å². The number of rotatable bonds is 1. The molecule has 3 heterocycles. The molecule has 3 rings (SSSR count). The van der Waals surface area contributed by atoms with Crippen LogP contribution in [0.2, 0.25) is 0 Å². The molecule has 0 aliphatic carbocycles. The van der Waals surface area contributed by atoms with E-state index in [0.717, 1.165) is 11.3 Å². The molecule has 1 amide bonds. The van der Waals surface area contributed by atoms with E-state index in [1.165, 1.54) is 0 Å². The topological polar surface area (TPSA) is 61.0 Å². The molecule has 1 saturated heterocycles. The Bertz CT molecular complexity index is 479. The van der Waals surface area contributed by atoms with E-state index < -0.39 is 24.9 Å². The van der Waals surface area contributed by atoms with Crippen LogP contribution < -0.4 is 5.32 Å². The molecule has 5 nitrogen and oxygen atoms in total. The summed E-state index contributed by atoms with van der Waals surface area (Å²) in [5, 5.41) is 9.39. The number of carbonyl (C=O) groups is 1. The first kappa shape index (κ1) is 14.2. The van der Waals surface area contributed by atoms with E-state index in [0.29, 0.717) is 19.5 Å². The van der Waals surface area contributed by atoms with Crippen LogP contribution in [0.1, 0.15) is 17.7 Å². The molecule has 19 heavy (non-hydrogen) atoms. The molecule has 2 aliphatic rings. The minimum Gasteiger partial charge on any atom is -0.336 e. The average molecular weight is 293 g/mol. The van der Waals surface area contributed by atoms with E-state index in [-0.39, 0.29) is 18.3 Å². The van der Waals surface area contributed by atoms with E-state index in [1.807, 2.05) is 0 Å². The summed E-state index contributed by atoms with van der Waals surface area (Å²) >= 11 is 0. The Hall–Kier alpha value is -1.21. The highest BCUT2D eigenvalue weighted by Crippen LogP contribution is 2.27. The number of hydrogen-bond acceptors (Lipinski definition) is 3. The summed E-state index contributed by atoms with van der Waals surface area (Å²) < 4.78 is 26.1.